The van der Waals surface area contributed by atoms with Gasteiger partial charge in [0, 0.05) is 25.4 Å². The van der Waals surface area contributed by atoms with Gasteiger partial charge in [-0.3, -0.25) is 15.2 Å². The Bertz CT molecular complexity index is 921. The number of benzene rings is 2. The summed E-state index contributed by atoms with van der Waals surface area (Å²) in [5.41, 5.74) is 8.30. The zero-order valence-electron chi connectivity index (χ0n) is 16.5. The fourth-order valence-electron chi connectivity index (χ4n) is 2.79. The summed E-state index contributed by atoms with van der Waals surface area (Å²) in [7, 11) is 0. The summed E-state index contributed by atoms with van der Waals surface area (Å²) in [6.07, 6.45) is 3.05. The van der Waals surface area contributed by atoms with Crippen molar-refractivity contribution in [3.05, 3.63) is 102 Å². The summed E-state index contributed by atoms with van der Waals surface area (Å²) in [5, 5.41) is 2.66. The number of hydrazine groups is 1. The van der Waals surface area contributed by atoms with Crippen LogP contribution in [0, 0.1) is 0 Å². The van der Waals surface area contributed by atoms with Crippen molar-refractivity contribution in [2.75, 3.05) is 0 Å². The maximum Gasteiger partial charge on any atom is 0.408 e. The van der Waals surface area contributed by atoms with Crippen LogP contribution in [0.1, 0.15) is 16.7 Å². The van der Waals surface area contributed by atoms with Gasteiger partial charge in [0.15, 0.2) is 0 Å². The third-order valence-electron chi connectivity index (χ3n) is 4.36. The second-order valence-electron chi connectivity index (χ2n) is 6.65. The van der Waals surface area contributed by atoms with E-state index in [2.05, 4.69) is 21.2 Å². The Labute approximate surface area is 175 Å². The quantitative estimate of drug-likeness (QED) is 0.477. The van der Waals surface area contributed by atoms with Crippen LogP contribution in [-0.4, -0.2) is 23.0 Å². The van der Waals surface area contributed by atoms with Crippen LogP contribution in [0.4, 0.5) is 4.79 Å². The largest absolute Gasteiger partial charge is 0.445 e. The van der Waals surface area contributed by atoms with Crippen molar-refractivity contribution < 1.29 is 14.3 Å². The number of hydrogen-bond donors (Lipinski definition) is 3. The van der Waals surface area contributed by atoms with E-state index in [1.807, 2.05) is 72.8 Å². The van der Waals surface area contributed by atoms with E-state index < -0.39 is 12.1 Å². The summed E-state index contributed by atoms with van der Waals surface area (Å²) in [6, 6.07) is 21.8. The van der Waals surface area contributed by atoms with E-state index in [1.54, 1.807) is 12.4 Å². The molecule has 1 heterocycles. The van der Waals surface area contributed by atoms with E-state index in [9.17, 15) is 9.59 Å². The Kier molecular flexibility index (Phi) is 7.93. The van der Waals surface area contributed by atoms with Gasteiger partial charge in [0.05, 0.1) is 0 Å². The number of alkyl carbamates (subject to hydrolysis) is 1. The first-order valence-electron chi connectivity index (χ1n) is 9.63. The first-order valence-corrected chi connectivity index (χ1v) is 9.63. The zero-order valence-corrected chi connectivity index (χ0v) is 16.5. The maximum atomic E-state index is 12.7. The van der Waals surface area contributed by atoms with Crippen LogP contribution in [0.25, 0.3) is 0 Å². The Morgan fingerprint density at radius 1 is 0.833 bits per heavy atom. The summed E-state index contributed by atoms with van der Waals surface area (Å²) >= 11 is 0. The first kappa shape index (κ1) is 21.0. The van der Waals surface area contributed by atoms with Crippen molar-refractivity contribution in [2.45, 2.75) is 25.6 Å². The van der Waals surface area contributed by atoms with Crippen molar-refractivity contribution in [3.63, 3.8) is 0 Å². The molecule has 1 atom stereocenters. The molecule has 7 nitrogen and oxygen atoms in total. The zero-order chi connectivity index (χ0) is 21.0. The van der Waals surface area contributed by atoms with Crippen LogP contribution in [0.15, 0.2) is 85.2 Å². The number of carbonyl (C=O) groups excluding carboxylic acids is 2. The number of amides is 2. The lowest BCUT2D eigenvalue weighted by molar-refractivity contribution is -0.124. The third-order valence-corrected chi connectivity index (χ3v) is 4.36. The lowest BCUT2D eigenvalue weighted by Crippen LogP contribution is -2.51. The van der Waals surface area contributed by atoms with Crippen molar-refractivity contribution in [1.29, 1.82) is 0 Å². The SMILES string of the molecule is O=C(N[C@@H](Cc1ccccc1)C(=O)NNCc1ccncc1)OCc1ccccc1. The van der Waals surface area contributed by atoms with Gasteiger partial charge in [-0.1, -0.05) is 60.7 Å². The predicted octanol–water partition coefficient (Wildman–Crippen LogP) is 2.74. The Balaban J connectivity index is 1.56. The summed E-state index contributed by atoms with van der Waals surface area (Å²) in [6.45, 7) is 0.567. The second kappa shape index (κ2) is 11.3. The van der Waals surface area contributed by atoms with Crippen LogP contribution >= 0.6 is 0 Å². The summed E-state index contributed by atoms with van der Waals surface area (Å²) in [4.78, 5) is 28.9. The van der Waals surface area contributed by atoms with Gasteiger partial charge in [0.1, 0.15) is 12.6 Å². The number of hydrogen-bond acceptors (Lipinski definition) is 5. The lowest BCUT2D eigenvalue weighted by atomic mass is 10.1. The second-order valence-corrected chi connectivity index (χ2v) is 6.65. The first-order chi connectivity index (χ1) is 14.7. The third kappa shape index (κ3) is 7.03. The van der Waals surface area contributed by atoms with E-state index in [4.69, 9.17) is 4.74 Å². The molecule has 30 heavy (non-hydrogen) atoms. The molecule has 0 bridgehead atoms. The normalized spacial score (nSPS) is 11.3. The van der Waals surface area contributed by atoms with Crippen LogP contribution in [0.3, 0.4) is 0 Å². The molecular formula is C23H24N4O3. The molecule has 3 rings (SSSR count). The number of rotatable bonds is 9. The topological polar surface area (TPSA) is 92.4 Å². The van der Waals surface area contributed by atoms with Gasteiger partial charge in [-0.2, -0.15) is 0 Å². The van der Waals surface area contributed by atoms with Gasteiger partial charge >= 0.3 is 6.09 Å². The number of carbonyl (C=O) groups is 2. The Hall–Kier alpha value is -3.71. The van der Waals surface area contributed by atoms with Gasteiger partial charge in [0.25, 0.3) is 5.91 Å². The van der Waals surface area contributed by atoms with E-state index >= 15 is 0 Å². The number of aromatic nitrogens is 1. The maximum absolute atomic E-state index is 12.7. The molecule has 0 aliphatic heterocycles. The van der Waals surface area contributed by atoms with Gasteiger partial charge < -0.3 is 10.1 Å². The average molecular weight is 404 g/mol. The summed E-state index contributed by atoms with van der Waals surface area (Å²) in [5.74, 6) is -0.357. The minimum Gasteiger partial charge on any atom is -0.445 e. The highest BCUT2D eigenvalue weighted by Crippen LogP contribution is 2.05. The predicted molar refractivity (Wildman–Crippen MR) is 113 cm³/mol. The summed E-state index contributed by atoms with van der Waals surface area (Å²) < 4.78 is 5.26. The molecule has 2 amide bonds. The molecule has 3 aromatic rings. The molecule has 0 aliphatic carbocycles. The van der Waals surface area contributed by atoms with Gasteiger partial charge in [0.2, 0.25) is 0 Å². The highest BCUT2D eigenvalue weighted by atomic mass is 16.5. The van der Waals surface area contributed by atoms with Crippen molar-refractivity contribution in [1.82, 2.24) is 21.2 Å². The Morgan fingerprint density at radius 2 is 1.47 bits per heavy atom. The highest BCUT2D eigenvalue weighted by Gasteiger charge is 2.22. The van der Waals surface area contributed by atoms with Gasteiger partial charge in [-0.05, 0) is 28.8 Å². The van der Waals surface area contributed by atoms with Crippen molar-refractivity contribution in [2.24, 2.45) is 0 Å². The van der Waals surface area contributed by atoms with Crippen LogP contribution in [0.5, 0.6) is 0 Å². The van der Waals surface area contributed by atoms with Crippen molar-refractivity contribution in [3.8, 4) is 0 Å². The van der Waals surface area contributed by atoms with Crippen molar-refractivity contribution >= 4 is 12.0 Å². The molecule has 2 aromatic carbocycles. The number of pyridine rings is 1. The molecule has 3 N–H and O–H groups in total. The number of ether oxygens (including phenoxy) is 1. The fourth-order valence-corrected chi connectivity index (χ4v) is 2.79. The van der Waals surface area contributed by atoms with Crippen LogP contribution < -0.4 is 16.2 Å². The molecule has 1 aromatic heterocycles. The van der Waals surface area contributed by atoms with Gasteiger partial charge in [-0.25, -0.2) is 10.2 Å². The molecule has 0 aliphatic rings. The molecule has 0 saturated carbocycles. The van der Waals surface area contributed by atoms with E-state index in [1.165, 1.54) is 0 Å². The van der Waals surface area contributed by atoms with E-state index in [-0.39, 0.29) is 12.5 Å². The minimum absolute atomic E-state index is 0.132. The van der Waals surface area contributed by atoms with Crippen LogP contribution in [0.2, 0.25) is 0 Å². The number of nitrogens with zero attached hydrogens (tertiary/aromatic N) is 1. The molecule has 0 unspecified atom stereocenters. The Morgan fingerprint density at radius 3 is 2.13 bits per heavy atom. The van der Waals surface area contributed by atoms with E-state index in [0.717, 1.165) is 16.7 Å². The van der Waals surface area contributed by atoms with Gasteiger partial charge in [-0.15, -0.1) is 0 Å². The monoisotopic (exact) mass is 404 g/mol. The molecule has 0 spiro atoms. The molecule has 154 valence electrons. The fraction of sp³-hybridized carbons (Fsp3) is 0.174. The smallest absolute Gasteiger partial charge is 0.408 e. The molecule has 0 radical (unpaired) electrons. The number of nitrogens with one attached hydrogen (secondary N) is 3. The minimum atomic E-state index is -0.791. The highest BCUT2D eigenvalue weighted by molar-refractivity contribution is 5.85. The standard InChI is InChI=1S/C23H24N4O3/c28-22(27-25-16-19-11-13-24-14-12-19)21(15-18-7-3-1-4-8-18)26-23(29)30-17-20-9-5-2-6-10-20/h1-14,21,25H,15-17H2,(H,26,29)(H,27,28)/t21-/m0/s1. The molecule has 0 saturated heterocycles. The van der Waals surface area contributed by atoms with E-state index in [0.29, 0.717) is 13.0 Å². The lowest BCUT2D eigenvalue weighted by Gasteiger charge is -2.19. The molecular weight excluding hydrogens is 380 g/mol. The molecule has 0 fully saturated rings. The average Bonchev–Trinajstić information content (AvgIpc) is 2.79. The molecule has 7 heteroatoms. The van der Waals surface area contributed by atoms with Crippen LogP contribution in [-0.2, 0) is 29.1 Å².